The number of aliphatic carboxylic acids is 1. The van der Waals surface area contributed by atoms with Crippen molar-refractivity contribution >= 4 is 23.2 Å². The molecule has 2 N–H and O–H groups in total. The van der Waals surface area contributed by atoms with Gasteiger partial charge in [-0.1, -0.05) is 24.3 Å². The summed E-state index contributed by atoms with van der Waals surface area (Å²) in [4.78, 5) is 24.0. The van der Waals surface area contributed by atoms with Gasteiger partial charge in [-0.05, 0) is 50.1 Å². The predicted molar refractivity (Wildman–Crippen MR) is 118 cm³/mol. The number of carbonyl (C=O) groups is 2. The first-order valence-electron chi connectivity index (χ1n) is 9.14. The molecule has 29 heavy (non-hydrogen) atoms. The smallest absolute Gasteiger partial charge is 0.305 e. The average Bonchev–Trinajstić information content (AvgIpc) is 3.14. The molecule has 154 valence electrons. The predicted octanol–water partition coefficient (Wildman–Crippen LogP) is 5.02. The molecule has 0 spiro atoms. The second-order valence-corrected chi connectivity index (χ2v) is 7.49. The van der Waals surface area contributed by atoms with Crippen LogP contribution in [0, 0.1) is 12.3 Å². The van der Waals surface area contributed by atoms with Gasteiger partial charge in [0.25, 0.3) is 5.91 Å². The maximum atomic E-state index is 12.0. The Morgan fingerprint density at radius 3 is 2.72 bits per heavy atom. The second-order valence-electron chi connectivity index (χ2n) is 6.37. The molecule has 6 heteroatoms. The SMILES string of the molecule is C#CC/C=C/C(C(=C)C)=C(C)/C=C/OC(C)c1ccc(C(=O)NCCC(=O)O)s1. The molecule has 0 aliphatic heterocycles. The van der Waals surface area contributed by atoms with Gasteiger partial charge in [-0.25, -0.2) is 0 Å². The number of carbonyl (C=O) groups excluding carboxylic acids is 1. The van der Waals surface area contributed by atoms with Crippen molar-refractivity contribution in [2.45, 2.75) is 39.7 Å². The van der Waals surface area contributed by atoms with Gasteiger partial charge in [0, 0.05) is 17.8 Å². The summed E-state index contributed by atoms with van der Waals surface area (Å²) in [6, 6.07) is 3.54. The van der Waals surface area contributed by atoms with Crippen LogP contribution in [0.5, 0.6) is 0 Å². The fourth-order valence-corrected chi connectivity index (χ4v) is 3.25. The van der Waals surface area contributed by atoms with E-state index in [1.807, 2.05) is 45.1 Å². The number of hydrogen-bond acceptors (Lipinski definition) is 4. The van der Waals surface area contributed by atoms with Crippen molar-refractivity contribution in [3.05, 3.63) is 69.7 Å². The molecule has 0 saturated carbocycles. The monoisotopic (exact) mass is 413 g/mol. The van der Waals surface area contributed by atoms with Gasteiger partial charge in [0.15, 0.2) is 0 Å². The fourth-order valence-electron chi connectivity index (χ4n) is 2.33. The van der Waals surface area contributed by atoms with E-state index in [4.69, 9.17) is 16.3 Å². The number of carboxylic acids is 1. The van der Waals surface area contributed by atoms with Crippen LogP contribution in [0.15, 0.2) is 59.9 Å². The van der Waals surface area contributed by atoms with Gasteiger partial charge < -0.3 is 15.2 Å². The van der Waals surface area contributed by atoms with E-state index in [1.54, 1.807) is 12.3 Å². The molecule has 5 nitrogen and oxygen atoms in total. The first-order chi connectivity index (χ1) is 13.8. The number of allylic oxidation sites excluding steroid dienone is 6. The molecule has 1 aromatic rings. The summed E-state index contributed by atoms with van der Waals surface area (Å²) in [5.41, 5.74) is 2.94. The number of ether oxygens (including phenoxy) is 1. The Morgan fingerprint density at radius 1 is 1.38 bits per heavy atom. The lowest BCUT2D eigenvalue weighted by Gasteiger charge is -2.09. The lowest BCUT2D eigenvalue weighted by atomic mass is 10.0. The largest absolute Gasteiger partial charge is 0.493 e. The highest BCUT2D eigenvalue weighted by molar-refractivity contribution is 7.14. The highest BCUT2D eigenvalue weighted by Gasteiger charge is 2.13. The molecular formula is C23H27NO4S. The zero-order valence-corrected chi connectivity index (χ0v) is 17.8. The number of terminal acetylenes is 1. The number of rotatable bonds is 11. The van der Waals surface area contributed by atoms with Crippen LogP contribution in [0.2, 0.25) is 0 Å². The molecule has 1 amide bonds. The highest BCUT2D eigenvalue weighted by Crippen LogP contribution is 2.26. The van der Waals surface area contributed by atoms with Crippen LogP contribution in [-0.4, -0.2) is 23.5 Å². The maximum absolute atomic E-state index is 12.0. The molecule has 1 rings (SSSR count). The minimum Gasteiger partial charge on any atom is -0.493 e. The van der Waals surface area contributed by atoms with Crippen molar-refractivity contribution in [3.8, 4) is 12.3 Å². The Bertz CT molecular complexity index is 868. The van der Waals surface area contributed by atoms with E-state index in [2.05, 4.69) is 17.8 Å². The van der Waals surface area contributed by atoms with Crippen molar-refractivity contribution in [2.75, 3.05) is 6.54 Å². The van der Waals surface area contributed by atoms with E-state index in [0.29, 0.717) is 11.3 Å². The lowest BCUT2D eigenvalue weighted by molar-refractivity contribution is -0.136. The summed E-state index contributed by atoms with van der Waals surface area (Å²) in [5.74, 6) is 1.34. The van der Waals surface area contributed by atoms with Crippen molar-refractivity contribution in [1.82, 2.24) is 5.32 Å². The molecule has 0 aromatic carbocycles. The maximum Gasteiger partial charge on any atom is 0.305 e. The van der Waals surface area contributed by atoms with Gasteiger partial charge in [0.1, 0.15) is 6.10 Å². The van der Waals surface area contributed by atoms with Crippen LogP contribution in [0.1, 0.15) is 54.3 Å². The second kappa shape index (κ2) is 12.4. The van der Waals surface area contributed by atoms with Gasteiger partial charge in [-0.2, -0.15) is 0 Å². The number of thiophene rings is 1. The topological polar surface area (TPSA) is 75.6 Å². The van der Waals surface area contributed by atoms with Crippen LogP contribution < -0.4 is 5.32 Å². The van der Waals surface area contributed by atoms with Crippen molar-refractivity contribution in [3.63, 3.8) is 0 Å². The van der Waals surface area contributed by atoms with E-state index in [0.717, 1.165) is 21.6 Å². The normalized spacial score (nSPS) is 13.0. The molecule has 0 fully saturated rings. The number of hydrogen-bond donors (Lipinski definition) is 2. The van der Waals surface area contributed by atoms with Gasteiger partial charge in [-0.3, -0.25) is 9.59 Å². The van der Waals surface area contributed by atoms with Gasteiger partial charge >= 0.3 is 5.97 Å². The molecule has 1 heterocycles. The molecule has 0 aliphatic rings. The standard InChI is InChI=1S/C23H27NO4S/c1-6-7-8-9-19(16(2)3)17(4)13-15-28-18(5)20-10-11-21(29-20)23(27)24-14-12-22(25)26/h1,8-11,13,15,18H,2,7,12,14H2,3-5H3,(H,24,27)(H,25,26)/b9-8+,15-13+,19-17-. The Morgan fingerprint density at radius 2 is 2.10 bits per heavy atom. The zero-order chi connectivity index (χ0) is 21.8. The first kappa shape index (κ1) is 24.0. The summed E-state index contributed by atoms with van der Waals surface area (Å²) in [7, 11) is 0. The third-order valence-corrected chi connectivity index (χ3v) is 5.13. The molecule has 0 aliphatic carbocycles. The quantitative estimate of drug-likeness (QED) is 0.304. The van der Waals surface area contributed by atoms with Crippen LogP contribution in [0.3, 0.4) is 0 Å². The Balaban J connectivity index is 2.71. The van der Waals surface area contributed by atoms with Crippen molar-refractivity contribution in [2.24, 2.45) is 0 Å². The van der Waals surface area contributed by atoms with E-state index >= 15 is 0 Å². The van der Waals surface area contributed by atoms with Crippen molar-refractivity contribution in [1.29, 1.82) is 0 Å². The van der Waals surface area contributed by atoms with Crippen LogP contribution in [0.25, 0.3) is 0 Å². The number of nitrogens with one attached hydrogen (secondary N) is 1. The number of carboxylic acid groups (broad SMARTS) is 1. The van der Waals surface area contributed by atoms with Gasteiger partial charge in [0.2, 0.25) is 0 Å². The molecule has 1 aromatic heterocycles. The Kier molecular flexibility index (Phi) is 10.3. The van der Waals surface area contributed by atoms with Gasteiger partial charge in [-0.15, -0.1) is 23.7 Å². The lowest BCUT2D eigenvalue weighted by Crippen LogP contribution is -2.25. The summed E-state index contributed by atoms with van der Waals surface area (Å²) in [6.45, 7) is 9.90. The van der Waals surface area contributed by atoms with E-state index < -0.39 is 5.97 Å². The van der Waals surface area contributed by atoms with E-state index in [-0.39, 0.29) is 25.0 Å². The third kappa shape index (κ3) is 8.67. The summed E-state index contributed by atoms with van der Waals surface area (Å²) < 4.78 is 5.76. The van der Waals surface area contributed by atoms with Gasteiger partial charge in [0.05, 0.1) is 17.6 Å². The fraction of sp³-hybridized carbons (Fsp3) is 0.304. The Hall–Kier alpha value is -3.04. The Labute approximate surface area is 176 Å². The average molecular weight is 414 g/mol. The minimum absolute atomic E-state index is 0.0998. The molecule has 0 saturated heterocycles. The number of amides is 1. The van der Waals surface area contributed by atoms with E-state index in [1.165, 1.54) is 11.3 Å². The summed E-state index contributed by atoms with van der Waals surface area (Å²) in [6.07, 6.45) is 12.9. The highest BCUT2D eigenvalue weighted by atomic mass is 32.1. The molecular weight excluding hydrogens is 386 g/mol. The minimum atomic E-state index is -0.948. The summed E-state index contributed by atoms with van der Waals surface area (Å²) >= 11 is 1.32. The molecule has 1 unspecified atom stereocenters. The van der Waals surface area contributed by atoms with E-state index in [9.17, 15) is 9.59 Å². The molecule has 1 atom stereocenters. The van der Waals surface area contributed by atoms with Crippen LogP contribution in [0.4, 0.5) is 0 Å². The van der Waals surface area contributed by atoms with Crippen molar-refractivity contribution < 1.29 is 19.4 Å². The third-order valence-electron chi connectivity index (χ3n) is 3.88. The zero-order valence-electron chi connectivity index (χ0n) is 17.0. The summed E-state index contributed by atoms with van der Waals surface area (Å²) in [5, 5.41) is 11.2. The first-order valence-corrected chi connectivity index (χ1v) is 9.96. The van der Waals surface area contributed by atoms with Crippen LogP contribution >= 0.6 is 11.3 Å². The molecule has 0 bridgehead atoms. The molecule has 0 radical (unpaired) electrons. The van der Waals surface area contributed by atoms with Crippen LogP contribution in [-0.2, 0) is 9.53 Å².